The molecule has 0 spiro atoms. The van der Waals surface area contributed by atoms with Crippen LogP contribution in [0.4, 0.5) is 0 Å². The van der Waals surface area contributed by atoms with Gasteiger partial charge in [-0.15, -0.1) is 0 Å². The minimum Gasteiger partial charge on any atom is -0.508 e. The second-order valence-corrected chi connectivity index (χ2v) is 10.7. The van der Waals surface area contributed by atoms with Gasteiger partial charge in [-0.3, -0.25) is 24.1 Å². The Kier molecular flexibility index (Phi) is 6.54. The first-order valence-corrected chi connectivity index (χ1v) is 12.2. The largest absolute Gasteiger partial charge is 0.508 e. The molecule has 1 fully saturated rings. The number of hydrogen-bond donors (Lipinski definition) is 5. The Balaban J connectivity index is 1.88. The van der Waals surface area contributed by atoms with Gasteiger partial charge in [0.25, 0.3) is 5.91 Å². The molecule has 6 N–H and O–H groups in total. The van der Waals surface area contributed by atoms with Crippen LogP contribution < -0.4 is 5.73 Å². The quantitative estimate of drug-likeness (QED) is 0.349. The number of ketones is 3. The number of aryl methyl sites for hydroxylation is 1. The highest BCUT2D eigenvalue weighted by Crippen LogP contribution is 2.53. The van der Waals surface area contributed by atoms with Gasteiger partial charge in [0.2, 0.25) is 5.78 Å². The normalized spacial score (nSPS) is 27.4. The summed E-state index contributed by atoms with van der Waals surface area (Å²) in [7, 11) is 3.10. The standard InChI is InChI=1S/C27H32N2O8/c1-11(2)16(30)7-5-12-6-8-17(31)19-14(12)9-13-10-15-21(29(3)4)23(33)20(26(28)36)25(35)27(15,37)24(34)18(13)22(19)32/h6,8,11,13,15,21,31-32,35,37H,5,7,9-10H2,1-4H3,(H2,28,36)/t13-,15-,21-,27-/m1/s1. The molecule has 0 heterocycles. The molecule has 0 bridgehead atoms. The number of aliphatic hydroxyl groups excluding tert-OH is 2. The molecule has 1 amide bonds. The van der Waals surface area contributed by atoms with E-state index in [9.17, 15) is 39.6 Å². The van der Waals surface area contributed by atoms with Crippen LogP contribution in [-0.4, -0.2) is 74.3 Å². The van der Waals surface area contributed by atoms with E-state index in [0.717, 1.165) is 5.56 Å². The zero-order valence-electron chi connectivity index (χ0n) is 21.2. The molecule has 198 valence electrons. The number of carbonyl (C=O) groups is 4. The lowest BCUT2D eigenvalue weighted by Crippen LogP contribution is -2.65. The number of likely N-dealkylation sites (N-methyl/N-ethyl adjacent to an activating group) is 1. The van der Waals surface area contributed by atoms with Gasteiger partial charge in [0.1, 0.15) is 28.6 Å². The summed E-state index contributed by atoms with van der Waals surface area (Å²) in [6.07, 6.45) is 0.866. The predicted molar refractivity (Wildman–Crippen MR) is 132 cm³/mol. The monoisotopic (exact) mass is 512 g/mol. The smallest absolute Gasteiger partial charge is 0.255 e. The van der Waals surface area contributed by atoms with Crippen molar-refractivity contribution in [1.82, 2.24) is 4.90 Å². The van der Waals surface area contributed by atoms with E-state index in [4.69, 9.17) is 5.73 Å². The molecular formula is C27H32N2O8. The van der Waals surface area contributed by atoms with Gasteiger partial charge in [0.15, 0.2) is 11.4 Å². The minimum absolute atomic E-state index is 0.0196. The van der Waals surface area contributed by atoms with Gasteiger partial charge in [-0.2, -0.15) is 0 Å². The van der Waals surface area contributed by atoms with Gasteiger partial charge in [-0.25, -0.2) is 0 Å². The molecule has 4 rings (SSSR count). The van der Waals surface area contributed by atoms with E-state index in [2.05, 4.69) is 0 Å². The maximum atomic E-state index is 13.8. The van der Waals surface area contributed by atoms with Crippen molar-refractivity contribution in [2.75, 3.05) is 14.1 Å². The Bertz CT molecular complexity index is 1290. The van der Waals surface area contributed by atoms with Crippen LogP contribution in [0, 0.1) is 17.8 Å². The van der Waals surface area contributed by atoms with Gasteiger partial charge in [-0.05, 0) is 56.5 Å². The number of benzene rings is 1. The van der Waals surface area contributed by atoms with Crippen molar-refractivity contribution in [3.05, 3.63) is 45.7 Å². The predicted octanol–water partition coefficient (Wildman–Crippen LogP) is 1.12. The number of hydrogen-bond acceptors (Lipinski definition) is 9. The number of amides is 1. The number of nitrogens with two attached hydrogens (primary N) is 1. The zero-order valence-corrected chi connectivity index (χ0v) is 21.2. The van der Waals surface area contributed by atoms with E-state index in [1.807, 2.05) is 13.8 Å². The molecule has 10 nitrogen and oxygen atoms in total. The first-order valence-electron chi connectivity index (χ1n) is 12.2. The fourth-order valence-corrected chi connectivity index (χ4v) is 6.09. The third-order valence-electron chi connectivity index (χ3n) is 7.99. The van der Waals surface area contributed by atoms with Crippen molar-refractivity contribution in [3.8, 4) is 5.75 Å². The third-order valence-corrected chi connectivity index (χ3v) is 7.99. The molecule has 37 heavy (non-hydrogen) atoms. The maximum Gasteiger partial charge on any atom is 0.255 e. The lowest BCUT2D eigenvalue weighted by atomic mass is 9.57. The SMILES string of the molecule is CC(C)C(=O)CCc1ccc(O)c2c1C[C@@H]1C[C@@H]3[C@@H](N(C)C)C(=O)C(C(N)=O)=C(O)[C@]3(O)C(=O)C1=C2O. The number of phenols is 1. The molecule has 1 aromatic carbocycles. The highest BCUT2D eigenvalue weighted by Gasteiger charge is 2.64. The van der Waals surface area contributed by atoms with Gasteiger partial charge in [0.05, 0.1) is 11.6 Å². The number of primary amides is 1. The summed E-state index contributed by atoms with van der Waals surface area (Å²) < 4.78 is 0. The first-order chi connectivity index (χ1) is 17.2. The number of rotatable bonds is 6. The van der Waals surface area contributed by atoms with Crippen LogP contribution in [0.25, 0.3) is 5.76 Å². The highest BCUT2D eigenvalue weighted by atomic mass is 16.3. The number of phenolic OH excluding ortho intramolecular Hbond substituents is 1. The van der Waals surface area contributed by atoms with Crippen molar-refractivity contribution >= 4 is 29.0 Å². The summed E-state index contributed by atoms with van der Waals surface area (Å²) in [5.74, 6) is -6.90. The molecular weight excluding hydrogens is 480 g/mol. The van der Waals surface area contributed by atoms with Crippen LogP contribution in [0.2, 0.25) is 0 Å². The topological polar surface area (TPSA) is 178 Å². The summed E-state index contributed by atoms with van der Waals surface area (Å²) in [6.45, 7) is 3.62. The Hall–Kier alpha value is -3.50. The molecule has 0 aromatic heterocycles. The van der Waals surface area contributed by atoms with E-state index in [0.29, 0.717) is 12.0 Å². The van der Waals surface area contributed by atoms with Gasteiger partial charge in [0, 0.05) is 23.8 Å². The van der Waals surface area contributed by atoms with Gasteiger partial charge >= 0.3 is 0 Å². The molecule has 1 saturated carbocycles. The summed E-state index contributed by atoms with van der Waals surface area (Å²) >= 11 is 0. The van der Waals surface area contributed by atoms with Crippen molar-refractivity contribution in [3.63, 3.8) is 0 Å². The molecule has 3 aliphatic rings. The molecule has 1 aromatic rings. The number of carbonyl (C=O) groups excluding carboxylic acids is 4. The first kappa shape index (κ1) is 26.6. The molecule has 0 saturated heterocycles. The van der Waals surface area contributed by atoms with Crippen LogP contribution in [0.15, 0.2) is 29.0 Å². The van der Waals surface area contributed by atoms with Crippen molar-refractivity contribution in [2.45, 2.75) is 51.2 Å². The Morgan fingerprint density at radius 3 is 2.38 bits per heavy atom. The maximum absolute atomic E-state index is 13.8. The van der Waals surface area contributed by atoms with E-state index in [1.54, 1.807) is 20.2 Å². The summed E-state index contributed by atoms with van der Waals surface area (Å²) in [6, 6.07) is 1.92. The minimum atomic E-state index is -2.67. The highest BCUT2D eigenvalue weighted by molar-refractivity contribution is 6.24. The van der Waals surface area contributed by atoms with Crippen molar-refractivity contribution < 1.29 is 39.6 Å². The van der Waals surface area contributed by atoms with E-state index >= 15 is 0 Å². The second-order valence-electron chi connectivity index (χ2n) is 10.7. The van der Waals surface area contributed by atoms with E-state index in [-0.39, 0.29) is 47.8 Å². The van der Waals surface area contributed by atoms with Crippen LogP contribution in [0.3, 0.4) is 0 Å². The van der Waals surface area contributed by atoms with Crippen LogP contribution >= 0.6 is 0 Å². The summed E-state index contributed by atoms with van der Waals surface area (Å²) in [5, 5.41) is 44.3. The van der Waals surface area contributed by atoms with Gasteiger partial charge < -0.3 is 26.2 Å². The molecule has 10 heteroatoms. The second kappa shape index (κ2) is 9.11. The molecule has 3 aliphatic carbocycles. The Labute approximate surface area is 214 Å². The van der Waals surface area contributed by atoms with Crippen molar-refractivity contribution in [2.24, 2.45) is 23.5 Å². The Morgan fingerprint density at radius 2 is 1.81 bits per heavy atom. The van der Waals surface area contributed by atoms with E-state index in [1.165, 1.54) is 11.0 Å². The van der Waals surface area contributed by atoms with Gasteiger partial charge in [-0.1, -0.05) is 19.9 Å². The number of fused-ring (bicyclic) bond motifs is 3. The molecule has 0 aliphatic heterocycles. The number of Topliss-reactive ketones (excluding diaryl/α,β-unsaturated/α-hetero) is 3. The van der Waals surface area contributed by atoms with Crippen LogP contribution in [0.5, 0.6) is 5.75 Å². The lowest BCUT2D eigenvalue weighted by Gasteiger charge is -2.50. The van der Waals surface area contributed by atoms with Crippen molar-refractivity contribution in [1.29, 1.82) is 0 Å². The summed E-state index contributed by atoms with van der Waals surface area (Å²) in [5.41, 5.74) is 2.98. The average Bonchev–Trinajstić information content (AvgIpc) is 2.80. The van der Waals surface area contributed by atoms with Crippen LogP contribution in [-0.2, 0) is 32.0 Å². The Morgan fingerprint density at radius 1 is 1.16 bits per heavy atom. The summed E-state index contributed by atoms with van der Waals surface area (Å²) in [4.78, 5) is 52.7. The molecule has 4 atom stereocenters. The molecule has 0 radical (unpaired) electrons. The fourth-order valence-electron chi connectivity index (χ4n) is 6.09. The average molecular weight is 513 g/mol. The number of aliphatic hydroxyl groups is 3. The molecule has 0 unspecified atom stereocenters. The fraction of sp³-hybridized carbons (Fsp3) is 0.481. The number of aromatic hydroxyl groups is 1. The van der Waals surface area contributed by atoms with Crippen LogP contribution in [0.1, 0.15) is 43.4 Å². The third kappa shape index (κ3) is 3.86. The van der Waals surface area contributed by atoms with E-state index < -0.39 is 58.0 Å². The zero-order chi connectivity index (χ0) is 27.6. The number of nitrogens with zero attached hydrogens (tertiary/aromatic N) is 1. The lowest BCUT2D eigenvalue weighted by molar-refractivity contribution is -0.153.